The van der Waals surface area contributed by atoms with Crippen molar-refractivity contribution in [1.29, 1.82) is 0 Å². The van der Waals surface area contributed by atoms with Gasteiger partial charge in [0.25, 0.3) is 0 Å². The Balaban J connectivity index is 1.39. The quantitative estimate of drug-likeness (QED) is 0.342. The van der Waals surface area contributed by atoms with Crippen LogP contribution in [0, 0.1) is 0 Å². The van der Waals surface area contributed by atoms with E-state index >= 15 is 0 Å². The smallest absolute Gasteiger partial charge is 0.191 e. The first-order valence-corrected chi connectivity index (χ1v) is 11.2. The predicted molar refractivity (Wildman–Crippen MR) is 122 cm³/mol. The molecule has 0 spiro atoms. The van der Waals surface area contributed by atoms with Crippen molar-refractivity contribution in [2.45, 2.75) is 12.5 Å². The summed E-state index contributed by atoms with van der Waals surface area (Å²) in [4.78, 5) is 8.21. The maximum Gasteiger partial charge on any atom is 0.191 e. The molecule has 8 heteroatoms. The molecule has 1 aromatic heterocycles. The van der Waals surface area contributed by atoms with Gasteiger partial charge in [0.2, 0.25) is 0 Å². The van der Waals surface area contributed by atoms with E-state index in [1.807, 2.05) is 24.3 Å². The first-order chi connectivity index (χ1) is 14.8. The van der Waals surface area contributed by atoms with Crippen LogP contribution in [0.4, 0.5) is 0 Å². The normalized spacial score (nSPS) is 16.1. The van der Waals surface area contributed by atoms with Gasteiger partial charge in [0.1, 0.15) is 11.5 Å². The molecule has 1 aliphatic rings. The van der Waals surface area contributed by atoms with E-state index in [0.29, 0.717) is 12.6 Å². The molecule has 1 unspecified atom stereocenters. The Kier molecular flexibility index (Phi) is 9.27. The molecule has 1 fully saturated rings. The monoisotopic (exact) mass is 432 g/mol. The highest BCUT2D eigenvalue weighted by Gasteiger charge is 2.23. The summed E-state index contributed by atoms with van der Waals surface area (Å²) in [5.74, 6) is 2.49. The zero-order valence-corrected chi connectivity index (χ0v) is 18.6. The van der Waals surface area contributed by atoms with Gasteiger partial charge in [0, 0.05) is 38.1 Å². The van der Waals surface area contributed by atoms with Crippen molar-refractivity contribution in [3.05, 3.63) is 46.7 Å². The Bertz CT molecular complexity index is 746. The molecule has 1 saturated heterocycles. The molecule has 0 saturated carbocycles. The standard InChI is InChI=1S/C22H32N4O3S/c1-23-22(24-10-4-13-29-19-8-6-18(27-2)7-9-19)25-17-20(21-5-3-16-30-21)26-11-14-28-15-12-26/h3,5-9,16,20H,4,10-15,17H2,1-2H3,(H2,23,24,25). The van der Waals surface area contributed by atoms with Crippen LogP contribution < -0.4 is 20.1 Å². The van der Waals surface area contributed by atoms with Crippen molar-refractivity contribution >= 4 is 17.3 Å². The van der Waals surface area contributed by atoms with E-state index in [1.165, 1.54) is 4.88 Å². The summed E-state index contributed by atoms with van der Waals surface area (Å²) in [6, 6.07) is 12.3. The number of benzene rings is 1. The van der Waals surface area contributed by atoms with Crippen LogP contribution in [-0.2, 0) is 4.74 Å². The molecule has 30 heavy (non-hydrogen) atoms. The number of ether oxygens (including phenoxy) is 3. The van der Waals surface area contributed by atoms with E-state index in [0.717, 1.165) is 63.3 Å². The number of methoxy groups -OCH3 is 1. The van der Waals surface area contributed by atoms with Crippen LogP contribution in [0.3, 0.4) is 0 Å². The maximum absolute atomic E-state index is 5.77. The Morgan fingerprint density at radius 2 is 1.93 bits per heavy atom. The van der Waals surface area contributed by atoms with Crippen molar-refractivity contribution < 1.29 is 14.2 Å². The molecule has 0 aliphatic carbocycles. The third-order valence-electron chi connectivity index (χ3n) is 4.99. The lowest BCUT2D eigenvalue weighted by molar-refractivity contribution is 0.0177. The van der Waals surface area contributed by atoms with Gasteiger partial charge in [-0.2, -0.15) is 0 Å². The molecule has 7 nitrogen and oxygen atoms in total. The Hall–Kier alpha value is -2.29. The van der Waals surface area contributed by atoms with Crippen molar-refractivity contribution in [2.24, 2.45) is 4.99 Å². The average molecular weight is 433 g/mol. The van der Waals surface area contributed by atoms with Gasteiger partial charge in [0.05, 0.1) is 33.0 Å². The van der Waals surface area contributed by atoms with Crippen LogP contribution in [0.25, 0.3) is 0 Å². The van der Waals surface area contributed by atoms with Crippen LogP contribution in [0.2, 0.25) is 0 Å². The average Bonchev–Trinajstić information content (AvgIpc) is 3.33. The third-order valence-corrected chi connectivity index (χ3v) is 5.96. The minimum absolute atomic E-state index is 0.325. The number of nitrogens with zero attached hydrogens (tertiary/aromatic N) is 2. The fourth-order valence-electron chi connectivity index (χ4n) is 3.33. The lowest BCUT2D eigenvalue weighted by Crippen LogP contribution is -2.46. The number of aliphatic imine (C=N–C) groups is 1. The van der Waals surface area contributed by atoms with Crippen molar-refractivity contribution in [3.63, 3.8) is 0 Å². The highest BCUT2D eigenvalue weighted by atomic mass is 32.1. The van der Waals surface area contributed by atoms with E-state index in [4.69, 9.17) is 14.2 Å². The molecule has 2 heterocycles. The predicted octanol–water partition coefficient (Wildman–Crippen LogP) is 2.76. The van der Waals surface area contributed by atoms with Crippen molar-refractivity contribution in [3.8, 4) is 11.5 Å². The van der Waals surface area contributed by atoms with Crippen LogP contribution in [0.15, 0.2) is 46.8 Å². The van der Waals surface area contributed by atoms with Gasteiger partial charge >= 0.3 is 0 Å². The van der Waals surface area contributed by atoms with Crippen molar-refractivity contribution in [1.82, 2.24) is 15.5 Å². The Morgan fingerprint density at radius 1 is 1.17 bits per heavy atom. The van der Waals surface area contributed by atoms with Gasteiger partial charge in [-0.05, 0) is 42.1 Å². The van der Waals surface area contributed by atoms with E-state index < -0.39 is 0 Å². The number of thiophene rings is 1. The van der Waals surface area contributed by atoms with E-state index in [-0.39, 0.29) is 0 Å². The number of guanidine groups is 1. The van der Waals surface area contributed by atoms with Crippen LogP contribution in [0.5, 0.6) is 11.5 Å². The molecule has 0 amide bonds. The lowest BCUT2D eigenvalue weighted by atomic mass is 10.2. The fraction of sp³-hybridized carbons (Fsp3) is 0.500. The van der Waals surface area contributed by atoms with Gasteiger partial charge < -0.3 is 24.8 Å². The maximum atomic E-state index is 5.77. The van der Waals surface area contributed by atoms with Gasteiger partial charge in [-0.15, -0.1) is 11.3 Å². The molecule has 1 atom stereocenters. The van der Waals surface area contributed by atoms with Crippen LogP contribution in [0.1, 0.15) is 17.3 Å². The summed E-state index contributed by atoms with van der Waals surface area (Å²) in [5, 5.41) is 9.00. The molecular formula is C22H32N4O3S. The molecule has 1 aliphatic heterocycles. The molecule has 1 aromatic carbocycles. The SMILES string of the molecule is CN=C(NCCCOc1ccc(OC)cc1)NCC(c1cccs1)N1CCOCC1. The molecule has 3 rings (SSSR count). The molecule has 164 valence electrons. The van der Waals surface area contributed by atoms with Gasteiger partial charge in [-0.3, -0.25) is 9.89 Å². The third kappa shape index (κ3) is 6.90. The van der Waals surface area contributed by atoms with Gasteiger partial charge in [-0.1, -0.05) is 6.07 Å². The summed E-state index contributed by atoms with van der Waals surface area (Å²) >= 11 is 1.80. The minimum atomic E-state index is 0.325. The van der Waals surface area contributed by atoms with Crippen molar-refractivity contribution in [2.75, 3.05) is 60.2 Å². The first-order valence-electron chi connectivity index (χ1n) is 10.4. The lowest BCUT2D eigenvalue weighted by Gasteiger charge is -2.34. The van der Waals surface area contributed by atoms with E-state index in [1.54, 1.807) is 25.5 Å². The summed E-state index contributed by atoms with van der Waals surface area (Å²) < 4.78 is 16.5. The topological polar surface area (TPSA) is 67.4 Å². The number of rotatable bonds is 10. The molecule has 2 aromatic rings. The second-order valence-corrected chi connectivity index (χ2v) is 7.92. The second-order valence-electron chi connectivity index (χ2n) is 6.94. The molecular weight excluding hydrogens is 400 g/mol. The number of hydrogen-bond acceptors (Lipinski definition) is 6. The van der Waals surface area contributed by atoms with Crippen LogP contribution in [-0.4, -0.2) is 71.0 Å². The van der Waals surface area contributed by atoms with Gasteiger partial charge in [-0.25, -0.2) is 0 Å². The Morgan fingerprint density at radius 3 is 2.60 bits per heavy atom. The molecule has 2 N–H and O–H groups in total. The summed E-state index contributed by atoms with van der Waals surface area (Å²) in [5.41, 5.74) is 0. The van der Waals surface area contributed by atoms with E-state index in [2.05, 4.69) is 38.0 Å². The minimum Gasteiger partial charge on any atom is -0.497 e. The second kappa shape index (κ2) is 12.4. The fourth-order valence-corrected chi connectivity index (χ4v) is 4.20. The highest BCUT2D eigenvalue weighted by molar-refractivity contribution is 7.10. The summed E-state index contributed by atoms with van der Waals surface area (Å²) in [6.45, 7) is 5.74. The van der Waals surface area contributed by atoms with Crippen LogP contribution >= 0.6 is 11.3 Å². The Labute approximate surface area is 183 Å². The first kappa shape index (κ1) is 22.4. The zero-order chi connectivity index (χ0) is 21.0. The zero-order valence-electron chi connectivity index (χ0n) is 17.8. The number of nitrogens with one attached hydrogen (secondary N) is 2. The highest BCUT2D eigenvalue weighted by Crippen LogP contribution is 2.25. The summed E-state index contributed by atoms with van der Waals surface area (Å²) in [6.07, 6.45) is 0.880. The van der Waals surface area contributed by atoms with Gasteiger partial charge in [0.15, 0.2) is 5.96 Å². The largest absolute Gasteiger partial charge is 0.497 e. The number of hydrogen-bond donors (Lipinski definition) is 2. The number of morpholine rings is 1. The molecule has 0 bridgehead atoms. The van der Waals surface area contributed by atoms with E-state index in [9.17, 15) is 0 Å². The summed E-state index contributed by atoms with van der Waals surface area (Å²) in [7, 11) is 3.46. The molecule has 0 radical (unpaired) electrons.